The average Bonchev–Trinajstić information content (AvgIpc) is 2.20. The van der Waals surface area contributed by atoms with E-state index in [9.17, 15) is 0 Å². The molecule has 0 rings (SSSR count). The monoisotopic (exact) mass is 231 g/mol. The Kier molecular flexibility index (Phi) is 8.90. The zero-order valence-electron chi connectivity index (χ0n) is 11.6. The summed E-state index contributed by atoms with van der Waals surface area (Å²) in [5, 5.41) is 3.54. The van der Waals surface area contributed by atoms with Crippen LogP contribution in [0.15, 0.2) is 0 Å². The predicted octanol–water partition coefficient (Wildman–Crippen LogP) is 2.45. The normalized spacial score (nSPS) is 14.1. The smallest absolute Gasteiger partial charge is 0.0700 e. The van der Waals surface area contributed by atoms with Gasteiger partial charge in [-0.25, -0.2) is 0 Å². The lowest BCUT2D eigenvalue weighted by molar-refractivity contribution is 0.0686. The van der Waals surface area contributed by atoms with Gasteiger partial charge in [0.25, 0.3) is 0 Å². The van der Waals surface area contributed by atoms with E-state index >= 15 is 0 Å². The summed E-state index contributed by atoms with van der Waals surface area (Å²) in [4.78, 5) is 0. The first-order chi connectivity index (χ1) is 7.48. The highest BCUT2D eigenvalue weighted by Crippen LogP contribution is 2.18. The van der Waals surface area contributed by atoms with Crippen molar-refractivity contribution >= 4 is 0 Å². The summed E-state index contributed by atoms with van der Waals surface area (Å²) in [6, 6.07) is 0.557. The summed E-state index contributed by atoms with van der Waals surface area (Å²) in [5.74, 6) is 0. The van der Waals surface area contributed by atoms with E-state index in [1.807, 2.05) is 0 Å². The zero-order chi connectivity index (χ0) is 12.4. The molecule has 0 aliphatic rings. The third-order valence-electron chi connectivity index (χ3n) is 2.90. The maximum Gasteiger partial charge on any atom is 0.0700 e. The molecule has 0 aliphatic heterocycles. The lowest BCUT2D eigenvalue weighted by Gasteiger charge is -2.28. The third kappa shape index (κ3) is 9.13. The number of hydrogen-bond donors (Lipinski definition) is 1. The molecule has 0 amide bonds. The van der Waals surface area contributed by atoms with Crippen molar-refractivity contribution in [1.29, 1.82) is 0 Å². The molecule has 0 aromatic carbocycles. The third-order valence-corrected chi connectivity index (χ3v) is 2.90. The maximum absolute atomic E-state index is 5.40. The Morgan fingerprint density at radius 1 is 1.06 bits per heavy atom. The van der Waals surface area contributed by atoms with E-state index in [2.05, 4.69) is 33.0 Å². The largest absolute Gasteiger partial charge is 0.382 e. The van der Waals surface area contributed by atoms with Gasteiger partial charge in [-0.1, -0.05) is 20.8 Å². The molecule has 0 heterocycles. The minimum atomic E-state index is 0.342. The van der Waals surface area contributed by atoms with Crippen LogP contribution >= 0.6 is 0 Å². The number of unbranched alkanes of at least 4 members (excludes halogenated alkanes) is 1. The van der Waals surface area contributed by atoms with Gasteiger partial charge in [0.2, 0.25) is 0 Å². The quantitative estimate of drug-likeness (QED) is 0.618. The van der Waals surface area contributed by atoms with Gasteiger partial charge in [-0.15, -0.1) is 0 Å². The minimum Gasteiger partial charge on any atom is -0.382 e. The second kappa shape index (κ2) is 8.97. The molecule has 0 saturated carbocycles. The van der Waals surface area contributed by atoms with Crippen molar-refractivity contribution in [1.82, 2.24) is 5.32 Å². The van der Waals surface area contributed by atoms with Crippen LogP contribution in [0.4, 0.5) is 0 Å². The fraction of sp³-hybridized carbons (Fsp3) is 1.00. The second-order valence-electron chi connectivity index (χ2n) is 5.35. The van der Waals surface area contributed by atoms with E-state index in [1.165, 1.54) is 6.42 Å². The van der Waals surface area contributed by atoms with E-state index in [1.54, 1.807) is 7.11 Å². The van der Waals surface area contributed by atoms with Crippen LogP contribution < -0.4 is 5.32 Å². The topological polar surface area (TPSA) is 30.5 Å². The standard InChI is InChI=1S/C13H29NO2/c1-12(13(2,3)4)14-8-6-7-9-16-11-10-15-5/h12,14H,6-11H2,1-5H3. The molecule has 0 bridgehead atoms. The van der Waals surface area contributed by atoms with E-state index in [0.29, 0.717) is 24.7 Å². The number of hydrogen-bond acceptors (Lipinski definition) is 3. The van der Waals surface area contributed by atoms with Gasteiger partial charge in [-0.3, -0.25) is 0 Å². The molecule has 3 nitrogen and oxygen atoms in total. The molecule has 0 aromatic heterocycles. The molecule has 3 heteroatoms. The second-order valence-corrected chi connectivity index (χ2v) is 5.35. The summed E-state index contributed by atoms with van der Waals surface area (Å²) >= 11 is 0. The van der Waals surface area contributed by atoms with Crippen molar-refractivity contribution in [2.24, 2.45) is 5.41 Å². The van der Waals surface area contributed by atoms with Gasteiger partial charge in [0, 0.05) is 19.8 Å². The van der Waals surface area contributed by atoms with Gasteiger partial charge in [0.1, 0.15) is 0 Å². The highest BCUT2D eigenvalue weighted by Gasteiger charge is 2.18. The van der Waals surface area contributed by atoms with Crippen molar-refractivity contribution in [3.05, 3.63) is 0 Å². The van der Waals surface area contributed by atoms with Crippen LogP contribution in [0.2, 0.25) is 0 Å². The van der Waals surface area contributed by atoms with Crippen LogP contribution in [0.1, 0.15) is 40.5 Å². The molecule has 98 valence electrons. The van der Waals surface area contributed by atoms with Crippen LogP contribution in [-0.4, -0.2) is 39.5 Å². The fourth-order valence-corrected chi connectivity index (χ4v) is 1.20. The van der Waals surface area contributed by atoms with Crippen LogP contribution in [-0.2, 0) is 9.47 Å². The van der Waals surface area contributed by atoms with Gasteiger partial charge in [-0.2, -0.15) is 0 Å². The summed E-state index contributed by atoms with van der Waals surface area (Å²) < 4.78 is 10.3. The summed E-state index contributed by atoms with van der Waals surface area (Å²) in [7, 11) is 1.70. The maximum atomic E-state index is 5.40. The molecule has 0 fully saturated rings. The van der Waals surface area contributed by atoms with Crippen molar-refractivity contribution in [2.45, 2.75) is 46.6 Å². The molecular formula is C13H29NO2. The van der Waals surface area contributed by atoms with Crippen LogP contribution in [0.3, 0.4) is 0 Å². The molecule has 0 saturated heterocycles. The van der Waals surface area contributed by atoms with Crippen LogP contribution in [0, 0.1) is 5.41 Å². The molecule has 0 radical (unpaired) electrons. The highest BCUT2D eigenvalue weighted by atomic mass is 16.5. The number of ether oxygens (including phenoxy) is 2. The SMILES string of the molecule is COCCOCCCCNC(C)C(C)(C)C. The Balaban J connectivity index is 3.21. The Morgan fingerprint density at radius 2 is 1.75 bits per heavy atom. The van der Waals surface area contributed by atoms with Crippen molar-refractivity contribution in [3.63, 3.8) is 0 Å². The number of methoxy groups -OCH3 is 1. The van der Waals surface area contributed by atoms with Crippen molar-refractivity contribution < 1.29 is 9.47 Å². The summed E-state index contributed by atoms with van der Waals surface area (Å²) in [6.45, 7) is 12.4. The molecule has 0 aromatic rings. The van der Waals surface area contributed by atoms with Gasteiger partial charge in [0.05, 0.1) is 13.2 Å². The van der Waals surface area contributed by atoms with E-state index in [0.717, 1.165) is 19.6 Å². The van der Waals surface area contributed by atoms with Crippen molar-refractivity contribution in [2.75, 3.05) is 33.5 Å². The summed E-state index contributed by atoms with van der Waals surface area (Å²) in [5.41, 5.74) is 0.342. The van der Waals surface area contributed by atoms with Crippen molar-refractivity contribution in [3.8, 4) is 0 Å². The van der Waals surface area contributed by atoms with Gasteiger partial charge < -0.3 is 14.8 Å². The average molecular weight is 231 g/mol. The van der Waals surface area contributed by atoms with Gasteiger partial charge >= 0.3 is 0 Å². The Morgan fingerprint density at radius 3 is 2.31 bits per heavy atom. The fourth-order valence-electron chi connectivity index (χ4n) is 1.20. The highest BCUT2D eigenvalue weighted by molar-refractivity contribution is 4.75. The molecule has 0 aliphatic carbocycles. The minimum absolute atomic E-state index is 0.342. The first-order valence-electron chi connectivity index (χ1n) is 6.28. The van der Waals surface area contributed by atoms with E-state index in [-0.39, 0.29) is 0 Å². The molecular weight excluding hydrogens is 202 g/mol. The van der Waals surface area contributed by atoms with Gasteiger partial charge in [-0.05, 0) is 31.7 Å². The van der Waals surface area contributed by atoms with Crippen LogP contribution in [0.25, 0.3) is 0 Å². The zero-order valence-corrected chi connectivity index (χ0v) is 11.6. The molecule has 16 heavy (non-hydrogen) atoms. The molecule has 1 unspecified atom stereocenters. The first kappa shape index (κ1) is 15.9. The van der Waals surface area contributed by atoms with E-state index < -0.39 is 0 Å². The predicted molar refractivity (Wildman–Crippen MR) is 68.8 cm³/mol. The van der Waals surface area contributed by atoms with Crippen LogP contribution in [0.5, 0.6) is 0 Å². The Labute approximate surface area is 101 Å². The molecule has 1 atom stereocenters. The van der Waals surface area contributed by atoms with E-state index in [4.69, 9.17) is 9.47 Å². The molecule has 0 spiro atoms. The Bertz CT molecular complexity index is 155. The Hall–Kier alpha value is -0.120. The summed E-state index contributed by atoms with van der Waals surface area (Å²) in [6.07, 6.45) is 2.29. The lowest BCUT2D eigenvalue weighted by atomic mass is 9.88. The van der Waals surface area contributed by atoms with Gasteiger partial charge in [0.15, 0.2) is 0 Å². The lowest BCUT2D eigenvalue weighted by Crippen LogP contribution is -2.38. The molecule has 1 N–H and O–H groups in total. The first-order valence-corrected chi connectivity index (χ1v) is 6.28. The number of nitrogens with one attached hydrogen (secondary N) is 1. The number of rotatable bonds is 9.